The molecule has 146 valence electrons. The summed E-state index contributed by atoms with van der Waals surface area (Å²) in [6.07, 6.45) is 0. The highest BCUT2D eigenvalue weighted by Crippen LogP contribution is 2.22. The number of nitrogens with one attached hydrogen (secondary N) is 1. The molecule has 0 aliphatic carbocycles. The van der Waals surface area contributed by atoms with Crippen LogP contribution in [0.25, 0.3) is 10.2 Å². The Labute approximate surface area is 166 Å². The summed E-state index contributed by atoms with van der Waals surface area (Å²) in [6.45, 7) is 2.50. The number of hydrogen-bond acceptors (Lipinski definition) is 5. The summed E-state index contributed by atoms with van der Waals surface area (Å²) in [5.74, 6) is 0.115. The molecule has 7 nitrogen and oxygen atoms in total. The van der Waals surface area contributed by atoms with Gasteiger partial charge in [0.15, 0.2) is 4.80 Å². The number of carbonyl (C=O) groups is 2. The van der Waals surface area contributed by atoms with E-state index in [9.17, 15) is 9.59 Å². The molecule has 0 unspecified atom stereocenters. The van der Waals surface area contributed by atoms with Gasteiger partial charge in [0.2, 0.25) is 5.91 Å². The molecule has 1 heterocycles. The van der Waals surface area contributed by atoms with Crippen molar-refractivity contribution < 1.29 is 19.1 Å². The molecular weight excluding hydrogens is 378 g/mol. The number of ether oxygens (including phenoxy) is 2. The lowest BCUT2D eigenvalue weighted by atomic mass is 10.2. The lowest BCUT2D eigenvalue weighted by Gasteiger charge is -2.06. The minimum Gasteiger partial charge on any atom is -0.497 e. The number of thiazole rings is 1. The minimum atomic E-state index is -0.348. The van der Waals surface area contributed by atoms with Crippen molar-refractivity contribution in [3.05, 3.63) is 52.8 Å². The summed E-state index contributed by atoms with van der Waals surface area (Å²) < 4.78 is 13.2. The van der Waals surface area contributed by atoms with Crippen molar-refractivity contribution in [2.24, 2.45) is 4.99 Å². The third-order valence-corrected chi connectivity index (χ3v) is 5.08. The van der Waals surface area contributed by atoms with Crippen LogP contribution in [0.3, 0.4) is 0 Å². The number of nitrogens with zero attached hydrogens (tertiary/aromatic N) is 2. The Hall–Kier alpha value is -2.97. The molecule has 1 N–H and O–H groups in total. The van der Waals surface area contributed by atoms with Crippen LogP contribution in [-0.2, 0) is 16.1 Å². The molecular formula is C20H21N3O4S. The second-order valence-corrected chi connectivity index (χ2v) is 7.05. The van der Waals surface area contributed by atoms with Crippen LogP contribution in [0.15, 0.2) is 47.5 Å². The van der Waals surface area contributed by atoms with Crippen LogP contribution >= 0.6 is 11.3 Å². The molecule has 0 aliphatic heterocycles. The van der Waals surface area contributed by atoms with Gasteiger partial charge in [0.25, 0.3) is 5.91 Å². The molecule has 3 aromatic rings. The molecule has 0 saturated heterocycles. The summed E-state index contributed by atoms with van der Waals surface area (Å²) in [5.41, 5.74) is 2.08. The smallest absolute Gasteiger partial charge is 0.279 e. The normalized spacial score (nSPS) is 11.6. The van der Waals surface area contributed by atoms with Gasteiger partial charge in [0.05, 0.1) is 23.9 Å². The second kappa shape index (κ2) is 8.81. The van der Waals surface area contributed by atoms with Gasteiger partial charge in [0.1, 0.15) is 5.75 Å². The molecule has 1 aromatic heterocycles. The van der Waals surface area contributed by atoms with E-state index in [0.29, 0.717) is 35.0 Å². The fourth-order valence-electron chi connectivity index (χ4n) is 2.75. The summed E-state index contributed by atoms with van der Waals surface area (Å²) in [7, 11) is 3.18. The fourth-order valence-corrected chi connectivity index (χ4v) is 3.84. The van der Waals surface area contributed by atoms with Crippen LogP contribution in [0.5, 0.6) is 5.75 Å². The first-order valence-electron chi connectivity index (χ1n) is 8.65. The van der Waals surface area contributed by atoms with Crippen molar-refractivity contribution >= 4 is 39.1 Å². The van der Waals surface area contributed by atoms with Gasteiger partial charge in [-0.3, -0.25) is 9.59 Å². The lowest BCUT2D eigenvalue weighted by Crippen LogP contribution is -2.19. The van der Waals surface area contributed by atoms with Crippen molar-refractivity contribution in [2.75, 3.05) is 26.1 Å². The monoisotopic (exact) mass is 399 g/mol. The number of amides is 2. The van der Waals surface area contributed by atoms with Gasteiger partial charge in [-0.05, 0) is 36.4 Å². The summed E-state index contributed by atoms with van der Waals surface area (Å²) in [5, 5.41) is 2.77. The molecule has 28 heavy (non-hydrogen) atoms. The number of anilines is 1. The van der Waals surface area contributed by atoms with E-state index in [2.05, 4.69) is 10.3 Å². The maximum atomic E-state index is 12.7. The zero-order chi connectivity index (χ0) is 20.1. The predicted octanol–water partition coefficient (Wildman–Crippen LogP) is 3.06. The molecule has 2 amide bonds. The first-order chi connectivity index (χ1) is 13.5. The Morgan fingerprint density at radius 3 is 2.71 bits per heavy atom. The number of methoxy groups -OCH3 is 2. The van der Waals surface area contributed by atoms with Crippen LogP contribution in [-0.4, -0.2) is 37.2 Å². The average Bonchev–Trinajstić information content (AvgIpc) is 3.01. The Balaban J connectivity index is 2.07. The number of aromatic nitrogens is 1. The molecule has 0 atom stereocenters. The topological polar surface area (TPSA) is 81.9 Å². The molecule has 2 aromatic carbocycles. The van der Waals surface area contributed by atoms with E-state index in [0.717, 1.165) is 10.2 Å². The van der Waals surface area contributed by atoms with E-state index in [-0.39, 0.29) is 11.8 Å². The molecule has 8 heteroatoms. The molecule has 0 radical (unpaired) electrons. The Morgan fingerprint density at radius 2 is 2.00 bits per heavy atom. The van der Waals surface area contributed by atoms with Crippen molar-refractivity contribution in [1.29, 1.82) is 0 Å². The van der Waals surface area contributed by atoms with Gasteiger partial charge in [-0.2, -0.15) is 4.99 Å². The van der Waals surface area contributed by atoms with E-state index in [4.69, 9.17) is 9.47 Å². The highest BCUT2D eigenvalue weighted by atomic mass is 32.1. The number of rotatable bonds is 6. The van der Waals surface area contributed by atoms with E-state index in [1.54, 1.807) is 38.5 Å². The number of hydrogen-bond donors (Lipinski definition) is 1. The minimum absolute atomic E-state index is 0.138. The summed E-state index contributed by atoms with van der Waals surface area (Å²) in [6, 6.07) is 12.5. The zero-order valence-electron chi connectivity index (χ0n) is 15.9. The van der Waals surface area contributed by atoms with Gasteiger partial charge in [-0.25, -0.2) is 0 Å². The van der Waals surface area contributed by atoms with E-state index < -0.39 is 0 Å². The largest absolute Gasteiger partial charge is 0.497 e. The number of carbonyl (C=O) groups excluding carboxylic acids is 2. The van der Waals surface area contributed by atoms with E-state index >= 15 is 0 Å². The molecule has 3 rings (SSSR count). The molecule has 0 aliphatic rings. The van der Waals surface area contributed by atoms with Crippen LogP contribution in [0.2, 0.25) is 0 Å². The Kier molecular flexibility index (Phi) is 6.23. The van der Waals surface area contributed by atoms with Gasteiger partial charge >= 0.3 is 0 Å². The van der Waals surface area contributed by atoms with Crippen molar-refractivity contribution in [3.63, 3.8) is 0 Å². The molecule has 0 fully saturated rings. The predicted molar refractivity (Wildman–Crippen MR) is 109 cm³/mol. The first-order valence-corrected chi connectivity index (χ1v) is 9.46. The highest BCUT2D eigenvalue weighted by molar-refractivity contribution is 7.16. The molecule has 0 saturated carbocycles. The number of fused-ring (bicyclic) bond motifs is 1. The molecule has 0 bridgehead atoms. The third kappa shape index (κ3) is 4.47. The van der Waals surface area contributed by atoms with Gasteiger partial charge < -0.3 is 19.4 Å². The Bertz CT molecular complexity index is 1080. The maximum Gasteiger partial charge on any atom is 0.279 e. The molecule has 0 spiro atoms. The van der Waals surface area contributed by atoms with Crippen molar-refractivity contribution in [2.45, 2.75) is 13.5 Å². The zero-order valence-corrected chi connectivity index (χ0v) is 16.7. The van der Waals surface area contributed by atoms with Crippen LogP contribution in [0, 0.1) is 0 Å². The second-order valence-electron chi connectivity index (χ2n) is 6.04. The maximum absolute atomic E-state index is 12.7. The van der Waals surface area contributed by atoms with Crippen LogP contribution in [0.4, 0.5) is 5.69 Å². The fraction of sp³-hybridized carbons (Fsp3) is 0.250. The summed E-state index contributed by atoms with van der Waals surface area (Å²) in [4.78, 5) is 28.9. The SMILES string of the molecule is COCCn1c(=NC(=O)c2cccc(OC)c2)sc2cc(NC(C)=O)ccc21. The van der Waals surface area contributed by atoms with E-state index in [1.165, 1.54) is 18.3 Å². The van der Waals surface area contributed by atoms with E-state index in [1.807, 2.05) is 22.8 Å². The van der Waals surface area contributed by atoms with Crippen molar-refractivity contribution in [1.82, 2.24) is 4.57 Å². The quantitative estimate of drug-likeness (QED) is 0.691. The summed E-state index contributed by atoms with van der Waals surface area (Å²) >= 11 is 1.39. The van der Waals surface area contributed by atoms with Crippen molar-refractivity contribution in [3.8, 4) is 5.75 Å². The standard InChI is InChI=1S/C20H21N3O4S/c1-13(24)21-15-7-8-17-18(12-15)28-20(23(17)9-10-26-2)22-19(25)14-5-4-6-16(11-14)27-3/h4-8,11-12H,9-10H2,1-3H3,(H,21,24). The number of benzene rings is 2. The third-order valence-electron chi connectivity index (χ3n) is 4.04. The van der Waals surface area contributed by atoms with Crippen LogP contribution < -0.4 is 14.9 Å². The Morgan fingerprint density at radius 1 is 1.18 bits per heavy atom. The highest BCUT2D eigenvalue weighted by Gasteiger charge is 2.11. The van der Waals surface area contributed by atoms with Crippen LogP contribution in [0.1, 0.15) is 17.3 Å². The average molecular weight is 399 g/mol. The van der Waals surface area contributed by atoms with Gasteiger partial charge in [0, 0.05) is 31.8 Å². The van der Waals surface area contributed by atoms with Gasteiger partial charge in [-0.1, -0.05) is 17.4 Å². The van der Waals surface area contributed by atoms with Gasteiger partial charge in [-0.15, -0.1) is 0 Å². The lowest BCUT2D eigenvalue weighted by molar-refractivity contribution is -0.114. The first kappa shape index (κ1) is 19.8.